The molecule has 0 radical (unpaired) electrons. The van der Waals surface area contributed by atoms with Gasteiger partial charge in [-0.15, -0.1) is 0 Å². The lowest BCUT2D eigenvalue weighted by Gasteiger charge is -2.40. The molecule has 2 bridgehead atoms. The number of alkyl halides is 3. The van der Waals surface area contributed by atoms with Crippen LogP contribution in [-0.2, 0) is 6.18 Å². The van der Waals surface area contributed by atoms with Crippen molar-refractivity contribution in [2.45, 2.75) is 68.9 Å². The second kappa shape index (κ2) is 10.2. The fourth-order valence-electron chi connectivity index (χ4n) is 6.46. The Hall–Kier alpha value is -3.60. The summed E-state index contributed by atoms with van der Waals surface area (Å²) in [4.78, 5) is 21.9. The standard InChI is InChI=1S/C28H31F3N6O2/c29-28(30,31)25-9-8-19(13-33-25)37-15-16-10-22(23(37)11-16)35-20-6-1-2-7-21(20)36-27-34-14-24(39-27)17-4-3-5-18(12-17)26(32)38/h3-5,8-9,12-14,16,20-23,35H,1-2,6-7,10-11,15H2,(H2,32,38)(H,34,36)/t16-,20-,21-,22+,23-/m1/s1. The normalized spacial score (nSPS) is 26.6. The van der Waals surface area contributed by atoms with Crippen molar-refractivity contribution in [2.24, 2.45) is 11.7 Å². The smallest absolute Gasteiger partial charge is 0.424 e. The quantitative estimate of drug-likeness (QED) is 0.394. The summed E-state index contributed by atoms with van der Waals surface area (Å²) in [6, 6.07) is 10.8. The van der Waals surface area contributed by atoms with Crippen molar-refractivity contribution in [2.75, 3.05) is 16.8 Å². The molecule has 4 N–H and O–H groups in total. The van der Waals surface area contributed by atoms with Crippen LogP contribution in [0.3, 0.4) is 0 Å². The first-order chi connectivity index (χ1) is 18.7. The van der Waals surface area contributed by atoms with Gasteiger partial charge in [0, 0.05) is 41.8 Å². The molecule has 3 aliphatic rings. The van der Waals surface area contributed by atoms with Crippen molar-refractivity contribution in [1.29, 1.82) is 0 Å². The molecule has 206 valence electrons. The summed E-state index contributed by atoms with van der Waals surface area (Å²) in [5.41, 5.74) is 6.42. The number of pyridine rings is 1. The first-order valence-corrected chi connectivity index (χ1v) is 13.4. The topological polar surface area (TPSA) is 109 Å². The lowest BCUT2D eigenvalue weighted by Crippen LogP contribution is -2.56. The van der Waals surface area contributed by atoms with E-state index in [1.807, 2.05) is 6.07 Å². The molecule has 5 atom stereocenters. The molecule has 3 aromatic rings. The van der Waals surface area contributed by atoms with Gasteiger partial charge < -0.3 is 25.7 Å². The van der Waals surface area contributed by atoms with E-state index in [0.717, 1.165) is 62.4 Å². The van der Waals surface area contributed by atoms with Crippen LogP contribution in [0.1, 0.15) is 54.6 Å². The molecule has 2 aliphatic carbocycles. The zero-order chi connectivity index (χ0) is 27.1. The fourth-order valence-corrected chi connectivity index (χ4v) is 6.46. The van der Waals surface area contributed by atoms with Gasteiger partial charge in [-0.05, 0) is 55.9 Å². The third-order valence-corrected chi connectivity index (χ3v) is 8.29. The fraction of sp³-hybridized carbons (Fsp3) is 0.464. The van der Waals surface area contributed by atoms with Crippen molar-refractivity contribution in [3.63, 3.8) is 0 Å². The minimum absolute atomic E-state index is 0.127. The van der Waals surface area contributed by atoms with Crippen LogP contribution in [0.25, 0.3) is 11.3 Å². The molecule has 1 amide bonds. The Labute approximate surface area is 224 Å². The van der Waals surface area contributed by atoms with Crippen LogP contribution in [-0.4, -0.2) is 46.6 Å². The second-order valence-corrected chi connectivity index (χ2v) is 10.8. The van der Waals surface area contributed by atoms with E-state index in [4.69, 9.17) is 10.2 Å². The summed E-state index contributed by atoms with van der Waals surface area (Å²) in [6.07, 6.45) is 4.84. The zero-order valence-electron chi connectivity index (χ0n) is 21.3. The van der Waals surface area contributed by atoms with E-state index in [9.17, 15) is 18.0 Å². The number of amides is 1. The molecule has 39 heavy (non-hydrogen) atoms. The Kier molecular flexibility index (Phi) is 6.70. The van der Waals surface area contributed by atoms with Gasteiger partial charge in [0.1, 0.15) is 5.69 Å². The summed E-state index contributed by atoms with van der Waals surface area (Å²) in [6.45, 7) is 0.846. The molecule has 8 nitrogen and oxygen atoms in total. The van der Waals surface area contributed by atoms with Crippen LogP contribution in [0.15, 0.2) is 53.2 Å². The van der Waals surface area contributed by atoms with Crippen LogP contribution in [0.5, 0.6) is 0 Å². The summed E-state index contributed by atoms with van der Waals surface area (Å²) >= 11 is 0. The maximum absolute atomic E-state index is 13.0. The summed E-state index contributed by atoms with van der Waals surface area (Å²) in [5, 5.41) is 7.37. The molecular weight excluding hydrogens is 509 g/mol. The summed E-state index contributed by atoms with van der Waals surface area (Å²) in [7, 11) is 0. The van der Waals surface area contributed by atoms with Crippen molar-refractivity contribution in [1.82, 2.24) is 15.3 Å². The van der Waals surface area contributed by atoms with Gasteiger partial charge in [0.05, 0.1) is 18.1 Å². The lowest BCUT2D eigenvalue weighted by atomic mass is 9.89. The average molecular weight is 541 g/mol. The number of nitrogens with two attached hydrogens (primary N) is 1. The highest BCUT2D eigenvalue weighted by molar-refractivity contribution is 5.93. The maximum atomic E-state index is 13.0. The number of rotatable bonds is 7. The number of anilines is 2. The van der Waals surface area contributed by atoms with Crippen molar-refractivity contribution < 1.29 is 22.4 Å². The Balaban J connectivity index is 1.12. The Morgan fingerprint density at radius 1 is 1.03 bits per heavy atom. The number of carbonyl (C=O) groups excluding carboxylic acids is 1. The first-order valence-electron chi connectivity index (χ1n) is 13.4. The van der Waals surface area contributed by atoms with E-state index in [1.165, 1.54) is 12.3 Å². The van der Waals surface area contributed by atoms with Gasteiger partial charge >= 0.3 is 6.18 Å². The summed E-state index contributed by atoms with van der Waals surface area (Å²) < 4.78 is 44.9. The van der Waals surface area contributed by atoms with E-state index in [2.05, 4.69) is 25.5 Å². The molecule has 3 fully saturated rings. The largest absolute Gasteiger partial charge is 0.433 e. The van der Waals surface area contributed by atoms with Gasteiger partial charge in [-0.3, -0.25) is 4.79 Å². The highest BCUT2D eigenvalue weighted by atomic mass is 19.4. The van der Waals surface area contributed by atoms with E-state index in [1.54, 1.807) is 24.4 Å². The molecule has 11 heteroatoms. The van der Waals surface area contributed by atoms with Gasteiger partial charge in [0.15, 0.2) is 5.76 Å². The number of nitrogens with one attached hydrogen (secondary N) is 2. The van der Waals surface area contributed by atoms with Crippen LogP contribution in [0.4, 0.5) is 24.9 Å². The molecule has 2 aromatic heterocycles. The van der Waals surface area contributed by atoms with Crippen LogP contribution < -0.4 is 21.3 Å². The number of piperidine rings is 1. The van der Waals surface area contributed by atoms with Gasteiger partial charge in [-0.1, -0.05) is 25.0 Å². The number of hydrogen-bond acceptors (Lipinski definition) is 7. The van der Waals surface area contributed by atoms with Gasteiger partial charge in [-0.2, -0.15) is 13.2 Å². The van der Waals surface area contributed by atoms with Crippen LogP contribution >= 0.6 is 0 Å². The van der Waals surface area contributed by atoms with Crippen molar-refractivity contribution in [3.05, 3.63) is 60.0 Å². The Morgan fingerprint density at radius 3 is 2.56 bits per heavy atom. The maximum Gasteiger partial charge on any atom is 0.433 e. The predicted molar refractivity (Wildman–Crippen MR) is 140 cm³/mol. The second-order valence-electron chi connectivity index (χ2n) is 10.8. The number of carbonyl (C=O) groups is 1. The molecule has 3 heterocycles. The van der Waals surface area contributed by atoms with Gasteiger partial charge in [0.2, 0.25) is 5.91 Å². The van der Waals surface area contributed by atoms with Crippen molar-refractivity contribution in [3.8, 4) is 11.3 Å². The number of benzene rings is 1. The summed E-state index contributed by atoms with van der Waals surface area (Å²) in [5.74, 6) is 0.560. The van der Waals surface area contributed by atoms with Crippen molar-refractivity contribution >= 4 is 17.6 Å². The minimum Gasteiger partial charge on any atom is -0.424 e. The lowest BCUT2D eigenvalue weighted by molar-refractivity contribution is -0.141. The molecule has 2 saturated carbocycles. The number of aromatic nitrogens is 2. The average Bonchev–Trinajstić information content (AvgIpc) is 3.66. The SMILES string of the molecule is NC(=O)c1cccc(-c2cnc(N[C@@H]3CCCC[C@H]3N[C@H]3C[C@@H]4C[C@H]3N(c3ccc(C(F)(F)F)nc3)C4)o2)c1. The molecule has 1 saturated heterocycles. The third kappa shape index (κ3) is 5.32. The first kappa shape index (κ1) is 25.7. The Bertz CT molecular complexity index is 1330. The highest BCUT2D eigenvalue weighted by Gasteiger charge is 2.46. The number of oxazole rings is 1. The van der Waals surface area contributed by atoms with Crippen LogP contribution in [0.2, 0.25) is 0 Å². The zero-order valence-corrected chi connectivity index (χ0v) is 21.3. The molecule has 1 aromatic carbocycles. The van der Waals surface area contributed by atoms with E-state index < -0.39 is 17.8 Å². The predicted octanol–water partition coefficient (Wildman–Crippen LogP) is 4.83. The third-order valence-electron chi connectivity index (χ3n) is 8.29. The van der Waals surface area contributed by atoms with Gasteiger partial charge in [-0.25, -0.2) is 9.97 Å². The molecular formula is C28H31F3N6O2. The van der Waals surface area contributed by atoms with Crippen LogP contribution in [0, 0.1) is 5.92 Å². The molecule has 1 aliphatic heterocycles. The number of fused-ring (bicyclic) bond motifs is 2. The molecule has 6 rings (SSSR count). The number of nitrogens with zero attached hydrogens (tertiary/aromatic N) is 3. The van der Waals surface area contributed by atoms with E-state index >= 15 is 0 Å². The van der Waals surface area contributed by atoms with E-state index in [-0.39, 0.29) is 24.2 Å². The Morgan fingerprint density at radius 2 is 1.85 bits per heavy atom. The molecule has 0 unspecified atom stereocenters. The monoisotopic (exact) mass is 540 g/mol. The number of halogens is 3. The van der Waals surface area contributed by atoms with Gasteiger partial charge in [0.25, 0.3) is 6.01 Å². The number of primary amides is 1. The highest BCUT2D eigenvalue weighted by Crippen LogP contribution is 2.41. The number of hydrogen-bond donors (Lipinski definition) is 3. The molecule has 0 spiro atoms. The van der Waals surface area contributed by atoms with E-state index in [0.29, 0.717) is 23.3 Å². The minimum atomic E-state index is -4.44.